The van der Waals surface area contributed by atoms with Crippen molar-refractivity contribution in [1.29, 1.82) is 0 Å². The third-order valence-electron chi connectivity index (χ3n) is 3.19. The Kier molecular flexibility index (Phi) is 4.55. The van der Waals surface area contributed by atoms with Crippen molar-refractivity contribution in [2.24, 2.45) is 0 Å². The first-order valence-electron chi connectivity index (χ1n) is 6.41. The van der Waals surface area contributed by atoms with Gasteiger partial charge in [0.25, 0.3) is 0 Å². The zero-order valence-electron chi connectivity index (χ0n) is 11.8. The van der Waals surface area contributed by atoms with Crippen molar-refractivity contribution in [3.63, 3.8) is 0 Å². The number of methoxy groups -OCH3 is 1. The van der Waals surface area contributed by atoms with Gasteiger partial charge in [0.15, 0.2) is 0 Å². The van der Waals surface area contributed by atoms with Crippen molar-refractivity contribution < 1.29 is 9.84 Å². The van der Waals surface area contributed by atoms with Crippen LogP contribution in [0.15, 0.2) is 40.9 Å². The molecular weight excluding hydrogens is 318 g/mol. The molecule has 0 bridgehead atoms. The van der Waals surface area contributed by atoms with Gasteiger partial charge in [0.2, 0.25) is 0 Å². The maximum absolute atomic E-state index is 10.0. The van der Waals surface area contributed by atoms with E-state index in [4.69, 9.17) is 4.74 Å². The number of hydrogen-bond donors (Lipinski definition) is 2. The van der Waals surface area contributed by atoms with Gasteiger partial charge in [-0.1, -0.05) is 28.1 Å². The normalized spacial score (nSPS) is 12.0. The number of phenolic OH excluding ortho intramolecular Hbond substituents is 1. The smallest absolute Gasteiger partial charge is 0.142 e. The van der Waals surface area contributed by atoms with Crippen molar-refractivity contribution >= 4 is 21.6 Å². The molecule has 0 fully saturated rings. The van der Waals surface area contributed by atoms with Crippen LogP contribution < -0.4 is 10.1 Å². The molecule has 2 aromatic rings. The van der Waals surface area contributed by atoms with Crippen molar-refractivity contribution in [3.8, 4) is 11.5 Å². The number of aryl methyl sites for hydroxylation is 1. The van der Waals surface area contributed by atoms with Gasteiger partial charge in [-0.15, -0.1) is 0 Å². The summed E-state index contributed by atoms with van der Waals surface area (Å²) in [7, 11) is 1.64. The van der Waals surface area contributed by atoms with E-state index in [-0.39, 0.29) is 6.04 Å². The Hall–Kier alpha value is -1.68. The Bertz CT molecular complexity index is 613. The van der Waals surface area contributed by atoms with Crippen LogP contribution >= 0.6 is 15.9 Å². The fourth-order valence-corrected chi connectivity index (χ4v) is 2.48. The van der Waals surface area contributed by atoms with E-state index in [1.807, 2.05) is 44.2 Å². The predicted molar refractivity (Wildman–Crippen MR) is 85.6 cm³/mol. The van der Waals surface area contributed by atoms with Crippen molar-refractivity contribution in [3.05, 3.63) is 52.0 Å². The lowest BCUT2D eigenvalue weighted by Crippen LogP contribution is -2.08. The van der Waals surface area contributed by atoms with Crippen LogP contribution in [0.2, 0.25) is 0 Å². The zero-order chi connectivity index (χ0) is 14.7. The Balaban J connectivity index is 2.27. The molecule has 0 saturated carbocycles. The summed E-state index contributed by atoms with van der Waals surface area (Å²) in [5.74, 6) is 1.07. The number of rotatable bonds is 4. The van der Waals surface area contributed by atoms with Gasteiger partial charge < -0.3 is 15.2 Å². The van der Waals surface area contributed by atoms with Crippen molar-refractivity contribution in [1.82, 2.24) is 0 Å². The van der Waals surface area contributed by atoms with Crippen LogP contribution in [-0.2, 0) is 0 Å². The first kappa shape index (κ1) is 14.7. The minimum Gasteiger partial charge on any atom is -0.508 e. The fraction of sp³-hybridized carbons (Fsp3) is 0.250. The van der Waals surface area contributed by atoms with Crippen molar-refractivity contribution in [2.45, 2.75) is 19.9 Å². The topological polar surface area (TPSA) is 41.5 Å². The number of benzene rings is 2. The molecule has 0 spiro atoms. The lowest BCUT2D eigenvalue weighted by Gasteiger charge is -2.19. The molecule has 0 aliphatic carbocycles. The van der Waals surface area contributed by atoms with E-state index in [2.05, 4.69) is 21.2 Å². The van der Waals surface area contributed by atoms with Gasteiger partial charge in [-0.2, -0.15) is 0 Å². The molecule has 1 atom stereocenters. The summed E-state index contributed by atoms with van der Waals surface area (Å²) >= 11 is 3.45. The van der Waals surface area contributed by atoms with Gasteiger partial charge in [0, 0.05) is 10.0 Å². The third-order valence-corrected chi connectivity index (χ3v) is 3.68. The molecule has 0 aliphatic rings. The second-order valence-corrected chi connectivity index (χ2v) is 5.69. The monoisotopic (exact) mass is 335 g/mol. The summed E-state index contributed by atoms with van der Waals surface area (Å²) in [5, 5.41) is 13.4. The first-order chi connectivity index (χ1) is 9.51. The van der Waals surface area contributed by atoms with E-state index in [0.29, 0.717) is 5.75 Å². The van der Waals surface area contributed by atoms with E-state index in [9.17, 15) is 5.11 Å². The average Bonchev–Trinajstić information content (AvgIpc) is 2.38. The number of phenols is 1. The molecule has 0 heterocycles. The van der Waals surface area contributed by atoms with E-state index < -0.39 is 0 Å². The second-order valence-electron chi connectivity index (χ2n) is 4.77. The van der Waals surface area contributed by atoms with Gasteiger partial charge in [-0.05, 0) is 43.7 Å². The highest BCUT2D eigenvalue weighted by molar-refractivity contribution is 9.10. The van der Waals surface area contributed by atoms with E-state index >= 15 is 0 Å². The fourth-order valence-electron chi connectivity index (χ4n) is 2.12. The molecule has 0 aromatic heterocycles. The van der Waals surface area contributed by atoms with E-state index in [0.717, 1.165) is 27.0 Å². The SMILES string of the molecule is COc1ccc(Br)cc1NC(C)c1ccc(C)cc1O. The van der Waals surface area contributed by atoms with Crippen LogP contribution in [-0.4, -0.2) is 12.2 Å². The first-order valence-corrected chi connectivity index (χ1v) is 7.20. The summed E-state index contributed by atoms with van der Waals surface area (Å²) in [6.07, 6.45) is 0. The second kappa shape index (κ2) is 6.18. The average molecular weight is 336 g/mol. The molecule has 0 saturated heterocycles. The zero-order valence-corrected chi connectivity index (χ0v) is 13.4. The number of aromatic hydroxyl groups is 1. The molecule has 2 N–H and O–H groups in total. The van der Waals surface area contributed by atoms with Crippen LogP contribution in [0, 0.1) is 6.92 Å². The van der Waals surface area contributed by atoms with Gasteiger partial charge in [0.05, 0.1) is 18.8 Å². The van der Waals surface area contributed by atoms with E-state index in [1.54, 1.807) is 13.2 Å². The molecule has 0 amide bonds. The number of nitrogens with one attached hydrogen (secondary N) is 1. The number of anilines is 1. The van der Waals surface area contributed by atoms with Crippen LogP contribution in [0.25, 0.3) is 0 Å². The highest BCUT2D eigenvalue weighted by atomic mass is 79.9. The molecule has 4 heteroatoms. The Morgan fingerprint density at radius 1 is 1.20 bits per heavy atom. The van der Waals surface area contributed by atoms with Crippen molar-refractivity contribution in [2.75, 3.05) is 12.4 Å². The molecule has 3 nitrogen and oxygen atoms in total. The lowest BCUT2D eigenvalue weighted by molar-refractivity contribution is 0.416. The number of ether oxygens (including phenoxy) is 1. The maximum atomic E-state index is 10.0. The van der Waals surface area contributed by atoms with Gasteiger partial charge >= 0.3 is 0 Å². The highest BCUT2D eigenvalue weighted by Gasteiger charge is 2.12. The maximum Gasteiger partial charge on any atom is 0.142 e. The highest BCUT2D eigenvalue weighted by Crippen LogP contribution is 2.33. The largest absolute Gasteiger partial charge is 0.508 e. The predicted octanol–water partition coefficient (Wildman–Crippen LogP) is 4.64. The summed E-state index contributed by atoms with van der Waals surface area (Å²) in [4.78, 5) is 0. The molecule has 2 rings (SSSR count). The van der Waals surface area contributed by atoms with Gasteiger partial charge in [-0.25, -0.2) is 0 Å². The Morgan fingerprint density at radius 2 is 1.95 bits per heavy atom. The van der Waals surface area contributed by atoms with Crippen LogP contribution in [0.3, 0.4) is 0 Å². The quantitative estimate of drug-likeness (QED) is 0.854. The van der Waals surface area contributed by atoms with Crippen LogP contribution in [0.1, 0.15) is 24.1 Å². The number of hydrogen-bond acceptors (Lipinski definition) is 3. The molecule has 1 unspecified atom stereocenters. The summed E-state index contributed by atoms with van der Waals surface area (Å²) < 4.78 is 6.31. The molecule has 0 radical (unpaired) electrons. The van der Waals surface area contributed by atoms with E-state index in [1.165, 1.54) is 0 Å². The third kappa shape index (κ3) is 3.25. The minimum absolute atomic E-state index is 0.0289. The summed E-state index contributed by atoms with van der Waals surface area (Å²) in [6, 6.07) is 11.5. The van der Waals surface area contributed by atoms with Gasteiger partial charge in [0.1, 0.15) is 11.5 Å². The number of halogens is 1. The molecule has 0 aliphatic heterocycles. The Labute approximate surface area is 127 Å². The van der Waals surface area contributed by atoms with Crippen LogP contribution in [0.4, 0.5) is 5.69 Å². The van der Waals surface area contributed by atoms with Gasteiger partial charge in [-0.3, -0.25) is 0 Å². The minimum atomic E-state index is -0.0289. The molecule has 20 heavy (non-hydrogen) atoms. The van der Waals surface area contributed by atoms with Crippen LogP contribution in [0.5, 0.6) is 11.5 Å². The Morgan fingerprint density at radius 3 is 2.60 bits per heavy atom. The standard InChI is InChI=1S/C16H18BrNO2/c1-10-4-6-13(15(19)8-10)11(2)18-14-9-12(17)5-7-16(14)20-3/h4-9,11,18-19H,1-3H3. The molecular formula is C16H18BrNO2. The summed E-state index contributed by atoms with van der Waals surface area (Å²) in [5.41, 5.74) is 2.78. The summed E-state index contributed by atoms with van der Waals surface area (Å²) in [6.45, 7) is 3.96. The lowest BCUT2D eigenvalue weighted by atomic mass is 10.0. The molecule has 106 valence electrons. The molecule has 2 aromatic carbocycles.